The number of carbonyl (C=O) groups excluding carboxylic acids is 4. The van der Waals surface area contributed by atoms with Gasteiger partial charge in [0.2, 0.25) is 18.1 Å². The number of nitrogens with one attached hydrogen (secondary N) is 2. The van der Waals surface area contributed by atoms with Crippen LogP contribution in [-0.2, 0) is 42.9 Å². The van der Waals surface area contributed by atoms with Gasteiger partial charge in [-0.1, -0.05) is 32.9 Å². The monoisotopic (exact) mass is 797 g/mol. The molecule has 3 aliphatic rings. The molecule has 4 rings (SSSR count). The van der Waals surface area contributed by atoms with Gasteiger partial charge in [-0.2, -0.15) is 0 Å². The Balaban J connectivity index is 1.48. The molecule has 0 aliphatic carbocycles. The van der Waals surface area contributed by atoms with E-state index in [0.717, 1.165) is 5.56 Å². The van der Waals surface area contributed by atoms with Crippen molar-refractivity contribution in [2.45, 2.75) is 140 Å². The first-order valence-electron chi connectivity index (χ1n) is 19.4. The van der Waals surface area contributed by atoms with Crippen molar-refractivity contribution >= 4 is 23.8 Å². The molecule has 0 saturated carbocycles. The van der Waals surface area contributed by atoms with Gasteiger partial charge in [-0.15, -0.1) is 0 Å². The normalized spacial score (nSPS) is 34.1. The lowest BCUT2D eigenvalue weighted by Gasteiger charge is -2.45. The van der Waals surface area contributed by atoms with Gasteiger partial charge < -0.3 is 69.5 Å². The number of nitrogens with zero attached hydrogens (tertiary/aromatic N) is 1. The minimum Gasteiger partial charge on any atom is -0.463 e. The number of benzene rings is 1. The second-order valence-corrected chi connectivity index (χ2v) is 14.6. The Morgan fingerprint density at radius 3 is 2.32 bits per heavy atom. The maximum Gasteiger partial charge on any atom is 0.305 e. The zero-order valence-corrected chi connectivity index (χ0v) is 32.7. The molecule has 3 fully saturated rings. The molecule has 56 heavy (non-hydrogen) atoms. The fraction of sp³-hybridized carbons (Fsp3) is 0.737. The van der Waals surface area contributed by atoms with Crippen LogP contribution in [0.3, 0.4) is 0 Å². The highest BCUT2D eigenvalue weighted by atomic mass is 16.8. The fourth-order valence-electron chi connectivity index (χ4n) is 6.68. The summed E-state index contributed by atoms with van der Waals surface area (Å²) in [7, 11) is 0. The SMILES string of the molecule is CCC(=O)OC[C@H]1O[C@@H](O[C@H]2[C@H](Oc3ccc([C@@H]4CC(=O)NCCCN(C(=O)[C@@H](C)CC)C[C@H](OC(C)=O)CCN4)cc3)O[C@@H](C)[C@H](O)[C@H]2O)[C@H](O)[C@@H](O)[C@@H]1O. The summed E-state index contributed by atoms with van der Waals surface area (Å²) in [5.74, 6) is -1.22. The molecule has 0 unspecified atom stereocenters. The zero-order valence-electron chi connectivity index (χ0n) is 32.7. The van der Waals surface area contributed by atoms with E-state index in [1.165, 1.54) is 13.8 Å². The number of esters is 2. The van der Waals surface area contributed by atoms with E-state index in [0.29, 0.717) is 38.9 Å². The molecule has 18 heteroatoms. The van der Waals surface area contributed by atoms with Crippen LogP contribution in [0.25, 0.3) is 0 Å². The van der Waals surface area contributed by atoms with Crippen LogP contribution < -0.4 is 15.4 Å². The second kappa shape index (κ2) is 21.3. The Kier molecular flexibility index (Phi) is 17.2. The molecule has 0 aromatic heterocycles. The van der Waals surface area contributed by atoms with Gasteiger partial charge >= 0.3 is 11.9 Å². The maximum atomic E-state index is 13.1. The van der Waals surface area contributed by atoms with E-state index < -0.39 is 92.1 Å². The van der Waals surface area contributed by atoms with E-state index >= 15 is 0 Å². The van der Waals surface area contributed by atoms with Crippen LogP contribution in [-0.4, -0.2) is 154 Å². The summed E-state index contributed by atoms with van der Waals surface area (Å²) in [6.07, 6.45) is -13.8. The third kappa shape index (κ3) is 12.3. The predicted molar refractivity (Wildman–Crippen MR) is 195 cm³/mol. The first kappa shape index (κ1) is 45.2. The summed E-state index contributed by atoms with van der Waals surface area (Å²) < 4.78 is 34.1. The summed E-state index contributed by atoms with van der Waals surface area (Å²) in [5, 5.41) is 59.6. The molecule has 316 valence electrons. The van der Waals surface area contributed by atoms with Crippen molar-refractivity contribution in [1.29, 1.82) is 0 Å². The second-order valence-electron chi connectivity index (χ2n) is 14.6. The number of amides is 2. The third-order valence-electron chi connectivity index (χ3n) is 10.3. The maximum absolute atomic E-state index is 13.1. The van der Waals surface area contributed by atoms with E-state index in [4.69, 9.17) is 28.4 Å². The summed E-state index contributed by atoms with van der Waals surface area (Å²) in [4.78, 5) is 51.6. The molecule has 3 saturated heterocycles. The summed E-state index contributed by atoms with van der Waals surface area (Å²) >= 11 is 0. The largest absolute Gasteiger partial charge is 0.463 e. The highest BCUT2D eigenvalue weighted by Gasteiger charge is 2.51. The van der Waals surface area contributed by atoms with Gasteiger partial charge in [0.05, 0.1) is 12.6 Å². The van der Waals surface area contributed by atoms with Crippen molar-refractivity contribution in [3.63, 3.8) is 0 Å². The van der Waals surface area contributed by atoms with Gasteiger partial charge in [-0.25, -0.2) is 0 Å². The number of rotatable bonds is 11. The van der Waals surface area contributed by atoms with Crippen LogP contribution in [0, 0.1) is 5.92 Å². The van der Waals surface area contributed by atoms with Crippen LogP contribution in [0.4, 0.5) is 0 Å². The smallest absolute Gasteiger partial charge is 0.305 e. The Morgan fingerprint density at radius 2 is 1.66 bits per heavy atom. The van der Waals surface area contributed by atoms with Gasteiger partial charge in [0, 0.05) is 44.8 Å². The lowest BCUT2D eigenvalue weighted by molar-refractivity contribution is -0.355. The standard InChI is InChI=1S/C38H59N3O15/c1-6-20(3)36(50)41-16-8-14-40-28(43)17-26(39-15-13-25(18-41)53-22(5)42)23-9-11-24(12-10-23)54-38-35(33(48)30(45)21(4)52-38)56-37-34(49)32(47)31(46)27(55-37)19-51-29(44)7-2/h9-12,20-21,25-27,30-35,37-39,45-49H,6-8,13-19H2,1-5H3,(H,40,43)/t20-,21-,25+,26-,27+,30-,31+,32-,33+,34+,35+,37-,38-/m0/s1. The van der Waals surface area contributed by atoms with Gasteiger partial charge in [0.25, 0.3) is 0 Å². The molecule has 1 aromatic rings. The van der Waals surface area contributed by atoms with Crippen LogP contribution in [0.1, 0.15) is 78.3 Å². The number of ether oxygens (including phenoxy) is 6. The first-order chi connectivity index (χ1) is 26.6. The average Bonchev–Trinajstić information content (AvgIpc) is 3.19. The van der Waals surface area contributed by atoms with Crippen LogP contribution in [0.5, 0.6) is 5.75 Å². The first-order valence-corrected chi connectivity index (χ1v) is 19.4. The third-order valence-corrected chi connectivity index (χ3v) is 10.3. The van der Waals surface area contributed by atoms with Crippen molar-refractivity contribution in [3.05, 3.63) is 29.8 Å². The molecule has 3 heterocycles. The number of carbonyl (C=O) groups is 4. The van der Waals surface area contributed by atoms with Crippen LogP contribution >= 0.6 is 0 Å². The Labute approximate surface area is 326 Å². The lowest BCUT2D eigenvalue weighted by atomic mass is 9.97. The molecule has 0 radical (unpaired) electrons. The minimum atomic E-state index is -1.80. The molecule has 7 N–H and O–H groups in total. The fourth-order valence-corrected chi connectivity index (χ4v) is 6.68. The Hall–Kier alpha value is -3.46. The van der Waals surface area contributed by atoms with E-state index in [2.05, 4.69) is 10.6 Å². The highest BCUT2D eigenvalue weighted by molar-refractivity contribution is 5.78. The summed E-state index contributed by atoms with van der Waals surface area (Å²) in [6.45, 7) is 9.11. The zero-order chi connectivity index (χ0) is 41.1. The van der Waals surface area contributed by atoms with E-state index in [1.807, 2.05) is 13.8 Å². The molecule has 0 spiro atoms. The number of aliphatic hydroxyl groups is 5. The van der Waals surface area contributed by atoms with Crippen LogP contribution in [0.15, 0.2) is 24.3 Å². The Morgan fingerprint density at radius 1 is 0.946 bits per heavy atom. The molecular formula is C38H59N3O15. The molecule has 18 nitrogen and oxygen atoms in total. The lowest BCUT2D eigenvalue weighted by Crippen LogP contribution is -2.64. The molecule has 1 aromatic carbocycles. The van der Waals surface area contributed by atoms with E-state index in [9.17, 15) is 44.7 Å². The number of hydrogen-bond donors (Lipinski definition) is 7. The predicted octanol–water partition coefficient (Wildman–Crippen LogP) is -0.585. The molecular weight excluding hydrogens is 738 g/mol. The van der Waals surface area contributed by atoms with Gasteiger partial charge in [0.15, 0.2) is 12.4 Å². The minimum absolute atomic E-state index is 0.0329. The number of hydrogen-bond acceptors (Lipinski definition) is 16. The van der Waals surface area contributed by atoms with Gasteiger partial charge in [-0.05, 0) is 50.4 Å². The van der Waals surface area contributed by atoms with Gasteiger partial charge in [0.1, 0.15) is 55.1 Å². The number of aliphatic hydroxyl groups excluding tert-OH is 5. The van der Waals surface area contributed by atoms with Crippen molar-refractivity contribution < 1.29 is 73.1 Å². The van der Waals surface area contributed by atoms with Crippen molar-refractivity contribution in [2.75, 3.05) is 32.8 Å². The average molecular weight is 798 g/mol. The van der Waals surface area contributed by atoms with Crippen molar-refractivity contribution in [1.82, 2.24) is 15.5 Å². The summed E-state index contributed by atoms with van der Waals surface area (Å²) in [5.41, 5.74) is 0.724. The van der Waals surface area contributed by atoms with Crippen molar-refractivity contribution in [3.8, 4) is 5.75 Å². The van der Waals surface area contributed by atoms with E-state index in [-0.39, 0.29) is 42.9 Å². The highest BCUT2D eigenvalue weighted by Crippen LogP contribution is 2.31. The Bertz CT molecular complexity index is 1440. The van der Waals surface area contributed by atoms with Crippen molar-refractivity contribution in [2.24, 2.45) is 5.92 Å². The molecule has 0 bridgehead atoms. The van der Waals surface area contributed by atoms with Gasteiger partial charge in [-0.3, -0.25) is 19.2 Å². The quantitative estimate of drug-likeness (QED) is 0.138. The van der Waals surface area contributed by atoms with E-state index in [1.54, 1.807) is 36.1 Å². The molecule has 13 atom stereocenters. The van der Waals surface area contributed by atoms with Crippen LogP contribution in [0.2, 0.25) is 0 Å². The molecule has 2 amide bonds. The molecule has 3 aliphatic heterocycles. The summed E-state index contributed by atoms with van der Waals surface area (Å²) in [6, 6.07) is 6.23. The topological polar surface area (TPSA) is 252 Å².